The third-order valence-electron chi connectivity index (χ3n) is 4.43. The Morgan fingerprint density at radius 2 is 1.74 bits per heavy atom. The molecule has 9 heteroatoms. The topological polar surface area (TPSA) is 111 Å². The van der Waals surface area contributed by atoms with E-state index in [0.717, 1.165) is 16.0 Å². The molecule has 0 fully saturated rings. The molecule has 0 bridgehead atoms. The number of nitrogens with one attached hydrogen (secondary N) is 2. The van der Waals surface area contributed by atoms with Gasteiger partial charge in [0, 0.05) is 11.8 Å². The van der Waals surface area contributed by atoms with E-state index in [0.29, 0.717) is 10.6 Å². The second-order valence-corrected chi connectivity index (χ2v) is 8.01. The van der Waals surface area contributed by atoms with Gasteiger partial charge in [0.2, 0.25) is 5.91 Å². The highest BCUT2D eigenvalue weighted by Gasteiger charge is 2.23. The molecule has 1 aromatic carbocycles. The fourth-order valence-corrected chi connectivity index (χ4v) is 3.95. The van der Waals surface area contributed by atoms with Gasteiger partial charge in [-0.15, -0.1) is 11.3 Å². The van der Waals surface area contributed by atoms with Crippen LogP contribution in [0.1, 0.15) is 52.7 Å². The summed E-state index contributed by atoms with van der Waals surface area (Å²) in [6.45, 7) is 6.38. The molecule has 0 radical (unpaired) electrons. The first-order valence-corrected chi connectivity index (χ1v) is 10.6. The van der Waals surface area contributed by atoms with Crippen LogP contribution in [0.4, 0.5) is 5.00 Å². The maximum atomic E-state index is 12.3. The Bertz CT molecular complexity index is 954. The third-order valence-corrected chi connectivity index (χ3v) is 5.55. The van der Waals surface area contributed by atoms with E-state index in [1.165, 1.54) is 18.3 Å². The van der Waals surface area contributed by atoms with E-state index >= 15 is 0 Å². The van der Waals surface area contributed by atoms with Gasteiger partial charge in [-0.1, -0.05) is 30.3 Å². The summed E-state index contributed by atoms with van der Waals surface area (Å²) in [4.78, 5) is 49.1. The Morgan fingerprint density at radius 3 is 2.35 bits per heavy atom. The zero-order valence-electron chi connectivity index (χ0n) is 17.9. The van der Waals surface area contributed by atoms with Crippen molar-refractivity contribution in [2.45, 2.75) is 40.2 Å². The van der Waals surface area contributed by atoms with Crippen LogP contribution < -0.4 is 10.6 Å². The predicted octanol–water partition coefficient (Wildman–Crippen LogP) is 3.29. The number of esters is 2. The second kappa shape index (κ2) is 11.3. The van der Waals surface area contributed by atoms with Crippen LogP contribution in [0, 0.1) is 13.8 Å². The van der Waals surface area contributed by atoms with E-state index in [1.807, 2.05) is 13.0 Å². The number of carbonyl (C=O) groups is 4. The Labute approximate surface area is 184 Å². The minimum Gasteiger partial charge on any atom is -0.462 e. The first kappa shape index (κ1) is 24.1. The lowest BCUT2D eigenvalue weighted by molar-refractivity contribution is -0.148. The van der Waals surface area contributed by atoms with E-state index in [4.69, 9.17) is 9.47 Å². The van der Waals surface area contributed by atoms with Crippen molar-refractivity contribution >= 4 is 40.1 Å². The van der Waals surface area contributed by atoms with Gasteiger partial charge >= 0.3 is 11.9 Å². The molecule has 166 valence electrons. The number of anilines is 1. The van der Waals surface area contributed by atoms with Crippen LogP contribution in [0.5, 0.6) is 0 Å². The molecule has 2 N–H and O–H groups in total. The predicted molar refractivity (Wildman–Crippen MR) is 117 cm³/mol. The molecule has 0 spiro atoms. The minimum absolute atomic E-state index is 0.123. The smallest absolute Gasteiger partial charge is 0.341 e. The molecule has 2 aromatic rings. The number of benzene rings is 1. The maximum absolute atomic E-state index is 12.3. The quantitative estimate of drug-likeness (QED) is 0.572. The summed E-state index contributed by atoms with van der Waals surface area (Å²) in [5, 5.41) is 5.68. The number of rotatable bonds is 9. The van der Waals surface area contributed by atoms with Gasteiger partial charge in [-0.2, -0.15) is 0 Å². The van der Waals surface area contributed by atoms with Crippen LogP contribution in [0.25, 0.3) is 0 Å². The zero-order chi connectivity index (χ0) is 23.0. The summed E-state index contributed by atoms with van der Waals surface area (Å²) in [7, 11) is 0. The number of hydrogen-bond acceptors (Lipinski definition) is 7. The number of carbonyl (C=O) groups excluding carboxylic acids is 4. The van der Waals surface area contributed by atoms with Crippen LogP contribution in [0.3, 0.4) is 0 Å². The first-order valence-electron chi connectivity index (χ1n) is 9.77. The first-order chi connectivity index (χ1) is 14.7. The number of ether oxygens (including phenoxy) is 2. The molecule has 0 aliphatic rings. The number of hydrogen-bond donors (Lipinski definition) is 2. The van der Waals surface area contributed by atoms with Crippen LogP contribution in [-0.4, -0.2) is 37.0 Å². The van der Waals surface area contributed by atoms with E-state index in [9.17, 15) is 19.2 Å². The minimum atomic E-state index is -0.637. The largest absolute Gasteiger partial charge is 0.462 e. The SMILES string of the molecule is CCOC(=O)c1c(NC(=O)COC(=O)C[C@@H](NC(C)=O)c2ccccc2)sc(C)c1C. The van der Waals surface area contributed by atoms with Gasteiger partial charge in [0.25, 0.3) is 5.91 Å². The van der Waals surface area contributed by atoms with E-state index < -0.39 is 30.5 Å². The van der Waals surface area contributed by atoms with Crippen molar-refractivity contribution in [2.24, 2.45) is 0 Å². The van der Waals surface area contributed by atoms with Gasteiger partial charge in [0.15, 0.2) is 6.61 Å². The Kier molecular flexibility index (Phi) is 8.75. The standard InChI is InChI=1S/C22H26N2O6S/c1-5-29-22(28)20-13(2)14(3)31-21(20)24-18(26)12-30-19(27)11-17(23-15(4)25)16-9-7-6-8-10-16/h6-10,17H,5,11-12H2,1-4H3,(H,23,25)(H,24,26)/t17-/m1/s1. The van der Waals surface area contributed by atoms with Gasteiger partial charge < -0.3 is 20.1 Å². The summed E-state index contributed by atoms with van der Waals surface area (Å²) < 4.78 is 10.1. The molecule has 0 saturated heterocycles. The monoisotopic (exact) mass is 446 g/mol. The van der Waals surface area contributed by atoms with Crippen molar-refractivity contribution in [3.63, 3.8) is 0 Å². The summed E-state index contributed by atoms with van der Waals surface area (Å²) in [6, 6.07) is 8.45. The lowest BCUT2D eigenvalue weighted by Crippen LogP contribution is -2.29. The normalized spacial score (nSPS) is 11.4. The van der Waals surface area contributed by atoms with Gasteiger partial charge in [-0.3, -0.25) is 14.4 Å². The molecule has 1 atom stereocenters. The molecule has 31 heavy (non-hydrogen) atoms. The molecular formula is C22H26N2O6S. The highest BCUT2D eigenvalue weighted by molar-refractivity contribution is 7.16. The lowest BCUT2D eigenvalue weighted by Gasteiger charge is -2.17. The average molecular weight is 447 g/mol. The van der Waals surface area contributed by atoms with Crippen molar-refractivity contribution in [3.05, 3.63) is 51.9 Å². The molecule has 2 amide bonds. The van der Waals surface area contributed by atoms with Gasteiger partial charge in [0.1, 0.15) is 5.00 Å². The van der Waals surface area contributed by atoms with E-state index in [-0.39, 0.29) is 18.9 Å². The van der Waals surface area contributed by atoms with Gasteiger partial charge in [-0.25, -0.2) is 4.79 Å². The summed E-state index contributed by atoms with van der Waals surface area (Å²) in [5.74, 6) is -2.01. The van der Waals surface area contributed by atoms with Gasteiger partial charge in [0.05, 0.1) is 24.6 Å². The van der Waals surface area contributed by atoms with Crippen molar-refractivity contribution in [3.8, 4) is 0 Å². The molecular weight excluding hydrogens is 420 g/mol. The summed E-state index contributed by atoms with van der Waals surface area (Å²) in [6.07, 6.45) is -0.123. The van der Waals surface area contributed by atoms with E-state index in [1.54, 1.807) is 38.1 Å². The van der Waals surface area contributed by atoms with Gasteiger partial charge in [-0.05, 0) is 31.9 Å². The molecule has 0 saturated carbocycles. The molecule has 1 aromatic heterocycles. The van der Waals surface area contributed by atoms with Crippen molar-refractivity contribution in [1.82, 2.24) is 5.32 Å². The van der Waals surface area contributed by atoms with Crippen LogP contribution >= 0.6 is 11.3 Å². The fourth-order valence-electron chi connectivity index (χ4n) is 2.88. The molecule has 0 unspecified atom stereocenters. The second-order valence-electron chi connectivity index (χ2n) is 6.78. The number of thiophene rings is 1. The fraction of sp³-hybridized carbons (Fsp3) is 0.364. The summed E-state index contributed by atoms with van der Waals surface area (Å²) in [5.41, 5.74) is 1.79. The van der Waals surface area contributed by atoms with Crippen LogP contribution in [-0.2, 0) is 23.9 Å². The highest BCUT2D eigenvalue weighted by Crippen LogP contribution is 2.33. The van der Waals surface area contributed by atoms with Crippen LogP contribution in [0.2, 0.25) is 0 Å². The molecule has 0 aliphatic carbocycles. The third kappa shape index (κ3) is 6.92. The molecule has 1 heterocycles. The van der Waals surface area contributed by atoms with Crippen molar-refractivity contribution in [2.75, 3.05) is 18.5 Å². The Balaban J connectivity index is 1.98. The Morgan fingerprint density at radius 1 is 1.06 bits per heavy atom. The molecule has 0 aliphatic heterocycles. The van der Waals surface area contributed by atoms with E-state index in [2.05, 4.69) is 10.6 Å². The summed E-state index contributed by atoms with van der Waals surface area (Å²) >= 11 is 1.25. The van der Waals surface area contributed by atoms with Crippen molar-refractivity contribution < 1.29 is 28.7 Å². The molecule has 2 rings (SSSR count). The highest BCUT2D eigenvalue weighted by atomic mass is 32.1. The van der Waals surface area contributed by atoms with Crippen LogP contribution in [0.15, 0.2) is 30.3 Å². The van der Waals surface area contributed by atoms with Crippen molar-refractivity contribution in [1.29, 1.82) is 0 Å². The molecule has 8 nitrogen and oxygen atoms in total. The lowest BCUT2D eigenvalue weighted by atomic mass is 10.0. The number of aryl methyl sites for hydroxylation is 1. The number of amides is 2. The maximum Gasteiger partial charge on any atom is 0.341 e. The average Bonchev–Trinajstić information content (AvgIpc) is 2.99. The Hall–Kier alpha value is -3.20. The zero-order valence-corrected chi connectivity index (χ0v) is 18.8.